The lowest BCUT2D eigenvalue weighted by Crippen LogP contribution is -2.54. The molecule has 5 atom stereocenters. The number of methoxy groups -OCH3 is 2. The molecule has 2 aromatic heterocycles. The van der Waals surface area contributed by atoms with Crippen molar-refractivity contribution < 1.29 is 28.7 Å². The minimum absolute atomic E-state index is 0.0991. The lowest BCUT2D eigenvalue weighted by Gasteiger charge is -2.37. The molecule has 61 heavy (non-hydrogen) atoms. The predicted molar refractivity (Wildman–Crippen MR) is 232 cm³/mol. The Kier molecular flexibility index (Phi) is 11.8. The average Bonchev–Trinajstić information content (AvgIpc) is 4.11. The van der Waals surface area contributed by atoms with E-state index in [4.69, 9.17) is 19.4 Å². The number of piperidine rings is 1. The van der Waals surface area contributed by atoms with E-state index in [9.17, 15) is 19.2 Å². The van der Waals surface area contributed by atoms with Crippen molar-refractivity contribution >= 4 is 45.8 Å². The Morgan fingerprint density at radius 1 is 0.869 bits per heavy atom. The molecule has 1 aliphatic heterocycles. The van der Waals surface area contributed by atoms with Crippen molar-refractivity contribution in [2.24, 2.45) is 11.8 Å². The number of alkyl carbamates (subject to hydrolysis) is 2. The van der Waals surface area contributed by atoms with Gasteiger partial charge in [-0.15, -0.1) is 0 Å². The summed E-state index contributed by atoms with van der Waals surface area (Å²) in [5.74, 6) is 1.25. The van der Waals surface area contributed by atoms with E-state index in [-0.39, 0.29) is 36.4 Å². The fraction of sp³-hybridized carbons (Fsp3) is 0.362. The number of nitrogens with zero attached hydrogens (tertiary/aromatic N) is 4. The number of carbonyl (C=O) groups excluding carboxylic acids is 4. The van der Waals surface area contributed by atoms with Crippen LogP contribution >= 0.6 is 0 Å². The van der Waals surface area contributed by atoms with Gasteiger partial charge in [-0.3, -0.25) is 9.59 Å². The normalized spacial score (nSPS) is 18.0. The van der Waals surface area contributed by atoms with E-state index in [2.05, 4.69) is 69.1 Å². The molecule has 0 spiro atoms. The van der Waals surface area contributed by atoms with E-state index < -0.39 is 24.3 Å². The van der Waals surface area contributed by atoms with Crippen LogP contribution in [0.15, 0.2) is 91.1 Å². The van der Waals surface area contributed by atoms with E-state index in [1.165, 1.54) is 14.2 Å². The quantitative estimate of drug-likeness (QED) is 0.0905. The zero-order valence-corrected chi connectivity index (χ0v) is 35.1. The fourth-order valence-electron chi connectivity index (χ4n) is 9.11. The van der Waals surface area contributed by atoms with Gasteiger partial charge in [-0.1, -0.05) is 93.6 Å². The van der Waals surface area contributed by atoms with Gasteiger partial charge in [-0.05, 0) is 77.3 Å². The molecular formula is C47H52N8O6. The summed E-state index contributed by atoms with van der Waals surface area (Å²) in [7, 11) is 2.58. The Balaban J connectivity index is 0.991. The summed E-state index contributed by atoms with van der Waals surface area (Å²) >= 11 is 0. The van der Waals surface area contributed by atoms with Crippen LogP contribution in [0.3, 0.4) is 0 Å². The van der Waals surface area contributed by atoms with Crippen molar-refractivity contribution in [1.82, 2.24) is 40.4 Å². The molecule has 3 heterocycles. The van der Waals surface area contributed by atoms with Crippen LogP contribution in [0, 0.1) is 11.8 Å². The van der Waals surface area contributed by atoms with Crippen LogP contribution in [0.5, 0.6) is 0 Å². The molecule has 1 saturated carbocycles. The number of aromatic amines is 2. The molecule has 4 amide bonds. The molecule has 2 fully saturated rings. The molecular weight excluding hydrogens is 773 g/mol. The first kappa shape index (κ1) is 41.1. The van der Waals surface area contributed by atoms with Gasteiger partial charge in [0.2, 0.25) is 11.8 Å². The number of H-pyrrole nitrogens is 2. The Morgan fingerprint density at radius 2 is 1.59 bits per heavy atom. The summed E-state index contributed by atoms with van der Waals surface area (Å²) in [6.45, 7) is 6.57. The predicted octanol–water partition coefficient (Wildman–Crippen LogP) is 8.04. The van der Waals surface area contributed by atoms with E-state index in [1.807, 2.05) is 68.3 Å². The number of likely N-dealkylation sites (tertiary alicyclic amines) is 1. The van der Waals surface area contributed by atoms with Gasteiger partial charge in [0.05, 0.1) is 49.7 Å². The highest BCUT2D eigenvalue weighted by Gasteiger charge is 2.51. The molecule has 2 unspecified atom stereocenters. The first-order valence-electron chi connectivity index (χ1n) is 21.0. The van der Waals surface area contributed by atoms with Crippen molar-refractivity contribution in [1.29, 1.82) is 0 Å². The molecule has 6 aromatic rings. The number of aromatic nitrogens is 4. The summed E-state index contributed by atoms with van der Waals surface area (Å²) in [6.07, 6.45) is 4.17. The van der Waals surface area contributed by atoms with Gasteiger partial charge in [0.25, 0.3) is 0 Å². The van der Waals surface area contributed by atoms with Crippen molar-refractivity contribution in [3.05, 3.63) is 108 Å². The van der Waals surface area contributed by atoms with Crippen LogP contribution in [0.25, 0.3) is 44.2 Å². The van der Waals surface area contributed by atoms with Crippen LogP contribution in [-0.4, -0.2) is 86.6 Å². The van der Waals surface area contributed by atoms with E-state index in [1.54, 1.807) is 4.90 Å². The third-order valence-corrected chi connectivity index (χ3v) is 12.1. The first-order valence-corrected chi connectivity index (χ1v) is 21.0. The van der Waals surface area contributed by atoms with E-state index >= 15 is 0 Å². The maximum Gasteiger partial charge on any atom is 0.407 e. The van der Waals surface area contributed by atoms with Crippen LogP contribution in [0.4, 0.5) is 9.59 Å². The van der Waals surface area contributed by atoms with Gasteiger partial charge in [-0.2, -0.15) is 0 Å². The second-order valence-electron chi connectivity index (χ2n) is 16.4. The Morgan fingerprint density at radius 3 is 2.31 bits per heavy atom. The molecule has 1 aliphatic carbocycles. The van der Waals surface area contributed by atoms with Crippen LogP contribution in [0.2, 0.25) is 0 Å². The molecule has 316 valence electrons. The molecule has 14 nitrogen and oxygen atoms in total. The zero-order chi connectivity index (χ0) is 42.8. The lowest BCUT2D eigenvalue weighted by molar-refractivity contribution is -0.139. The SMILES string of the molecule is CCCN(Cc1nc2c(ccc3cc(-c4ccc(-c5cnc(C6[C@H]7CCC(C7)N6C(=O)[C@@H](NC(=O)OC)C(C)C)[nH]5)cc4)ccc32)[nH]1)C(=O)[C@H](NC(=O)OC)c1ccccc1. The van der Waals surface area contributed by atoms with Gasteiger partial charge < -0.3 is 39.9 Å². The van der Waals surface area contributed by atoms with Crippen LogP contribution < -0.4 is 10.6 Å². The molecule has 4 N–H and O–H groups in total. The number of hydrogen-bond donors (Lipinski definition) is 4. The van der Waals surface area contributed by atoms with Gasteiger partial charge >= 0.3 is 12.2 Å². The monoisotopic (exact) mass is 824 g/mol. The number of fused-ring (bicyclic) bond motifs is 5. The van der Waals surface area contributed by atoms with E-state index in [0.717, 1.165) is 75.7 Å². The van der Waals surface area contributed by atoms with Crippen LogP contribution in [-0.2, 0) is 25.6 Å². The molecule has 0 radical (unpaired) electrons. The molecule has 2 bridgehead atoms. The molecule has 1 saturated heterocycles. The number of rotatable bonds is 13. The number of imidazole rings is 2. The summed E-state index contributed by atoms with van der Waals surface area (Å²) in [5.41, 5.74) is 6.31. The van der Waals surface area contributed by atoms with Gasteiger partial charge in [0, 0.05) is 18.0 Å². The summed E-state index contributed by atoms with van der Waals surface area (Å²) in [6, 6.07) is 26.2. The second kappa shape index (κ2) is 17.5. The maximum atomic E-state index is 14.0. The number of amides is 4. The van der Waals surface area contributed by atoms with Crippen molar-refractivity contribution in [2.45, 2.75) is 77.2 Å². The lowest BCUT2D eigenvalue weighted by atomic mass is 9.95. The molecule has 8 rings (SSSR count). The molecule has 14 heteroatoms. The topological polar surface area (TPSA) is 175 Å². The number of ether oxygens (including phenoxy) is 2. The maximum absolute atomic E-state index is 14.0. The first-order chi connectivity index (χ1) is 29.6. The Bertz CT molecular complexity index is 2550. The smallest absolute Gasteiger partial charge is 0.407 e. The van der Waals surface area contributed by atoms with Gasteiger partial charge in [0.15, 0.2) is 0 Å². The third-order valence-electron chi connectivity index (χ3n) is 12.1. The Labute approximate surface area is 354 Å². The summed E-state index contributed by atoms with van der Waals surface area (Å²) in [5, 5.41) is 7.49. The van der Waals surface area contributed by atoms with Gasteiger partial charge in [-0.25, -0.2) is 19.6 Å². The summed E-state index contributed by atoms with van der Waals surface area (Å²) in [4.78, 5) is 72.7. The van der Waals surface area contributed by atoms with Crippen molar-refractivity contribution in [3.63, 3.8) is 0 Å². The van der Waals surface area contributed by atoms with Crippen molar-refractivity contribution in [3.8, 4) is 22.4 Å². The standard InChI is InChI=1S/C47H52N8O6/c1-6-22-54(44(56)40(53-47(59)61-5)30-10-8-7-9-11-30)26-38-49-36-21-18-32-23-31(17-20-35(32)41(36)51-38)28-12-14-29(15-13-28)37-25-48-43(50-37)42-33-16-19-34(24-33)55(42)45(57)39(27(2)3)52-46(58)60-4/h7-15,17-18,20-21,23,25,27,33-34,39-40,42H,6,16,19,22,24,26H2,1-5H3,(H,48,50)(H,49,51)(H,52,58)(H,53,59)/t33-,34?,39-,40+,42?/m0/s1. The fourth-order valence-corrected chi connectivity index (χ4v) is 9.11. The Hall–Kier alpha value is -6.70. The zero-order valence-electron chi connectivity index (χ0n) is 35.1. The largest absolute Gasteiger partial charge is 0.453 e. The number of hydrogen-bond acceptors (Lipinski definition) is 8. The number of carbonyl (C=O) groups is 4. The minimum atomic E-state index is -0.910. The highest BCUT2D eigenvalue weighted by atomic mass is 16.5. The third kappa shape index (κ3) is 8.26. The number of benzene rings is 4. The minimum Gasteiger partial charge on any atom is -0.453 e. The second-order valence-corrected chi connectivity index (χ2v) is 16.4. The molecule has 4 aromatic carbocycles. The average molecular weight is 825 g/mol. The number of nitrogens with one attached hydrogen (secondary N) is 4. The highest BCUT2D eigenvalue weighted by molar-refractivity contribution is 6.05. The van der Waals surface area contributed by atoms with Crippen molar-refractivity contribution in [2.75, 3.05) is 20.8 Å². The summed E-state index contributed by atoms with van der Waals surface area (Å²) < 4.78 is 9.67. The van der Waals surface area contributed by atoms with E-state index in [0.29, 0.717) is 23.9 Å². The highest BCUT2D eigenvalue weighted by Crippen LogP contribution is 2.50. The van der Waals surface area contributed by atoms with Crippen LogP contribution in [0.1, 0.15) is 75.8 Å². The van der Waals surface area contributed by atoms with Gasteiger partial charge in [0.1, 0.15) is 23.7 Å². The molecule has 2 aliphatic rings.